The first-order chi connectivity index (χ1) is 14.8. The average Bonchev–Trinajstić information content (AvgIpc) is 3.12. The average molecular weight is 400 g/mol. The quantitative estimate of drug-likeness (QED) is 0.606. The van der Waals surface area contributed by atoms with Crippen LogP contribution in [0, 0.1) is 11.5 Å². The molecular formula is C25H29N5. The number of likely N-dealkylation sites (tertiary alicyclic amines) is 1. The Balaban J connectivity index is 1.45. The minimum atomic E-state index is 0.380. The Morgan fingerprint density at radius 3 is 2.50 bits per heavy atom. The smallest absolute Gasteiger partial charge is 0.221 e. The third-order valence-corrected chi connectivity index (χ3v) is 7.00. The van der Waals surface area contributed by atoms with E-state index in [2.05, 4.69) is 74.5 Å². The summed E-state index contributed by atoms with van der Waals surface area (Å²) in [7, 11) is 0. The molecule has 5 nitrogen and oxygen atoms in total. The highest BCUT2D eigenvalue weighted by Crippen LogP contribution is 2.37. The molecule has 5 heteroatoms. The van der Waals surface area contributed by atoms with E-state index in [0.717, 1.165) is 43.6 Å². The van der Waals surface area contributed by atoms with Crippen LogP contribution in [0.25, 0.3) is 11.0 Å². The van der Waals surface area contributed by atoms with E-state index >= 15 is 0 Å². The summed E-state index contributed by atoms with van der Waals surface area (Å²) in [5.74, 6) is 0. The number of nitrogens with zero attached hydrogens (tertiary/aromatic N) is 5. The van der Waals surface area contributed by atoms with Crippen LogP contribution in [-0.2, 0) is 13.0 Å². The Bertz CT molecular complexity index is 1150. The van der Waals surface area contributed by atoms with Gasteiger partial charge in [0.25, 0.3) is 0 Å². The van der Waals surface area contributed by atoms with Gasteiger partial charge >= 0.3 is 0 Å². The second-order valence-corrected chi connectivity index (χ2v) is 8.49. The van der Waals surface area contributed by atoms with Gasteiger partial charge < -0.3 is 9.13 Å². The Morgan fingerprint density at radius 2 is 1.73 bits per heavy atom. The Hall–Kier alpha value is -2.84. The van der Waals surface area contributed by atoms with E-state index in [1.165, 1.54) is 35.9 Å². The minimum absolute atomic E-state index is 0.380. The van der Waals surface area contributed by atoms with Crippen LogP contribution >= 0.6 is 0 Å². The maximum absolute atomic E-state index is 9.34. The Kier molecular flexibility index (Phi) is 5.18. The van der Waals surface area contributed by atoms with Crippen LogP contribution in [0.2, 0.25) is 0 Å². The van der Waals surface area contributed by atoms with Crippen molar-refractivity contribution in [1.82, 2.24) is 14.0 Å². The summed E-state index contributed by atoms with van der Waals surface area (Å²) < 4.78 is 4.50. The number of imidazole rings is 1. The highest BCUT2D eigenvalue weighted by molar-refractivity contribution is 5.76. The summed E-state index contributed by atoms with van der Waals surface area (Å²) in [6, 6.07) is 18.4. The molecule has 2 aromatic carbocycles. The molecule has 154 valence electrons. The van der Waals surface area contributed by atoms with Gasteiger partial charge in [-0.05, 0) is 62.3 Å². The van der Waals surface area contributed by atoms with Crippen LogP contribution in [0.15, 0.2) is 53.5 Å². The Morgan fingerprint density at radius 1 is 1.00 bits per heavy atom. The zero-order chi connectivity index (χ0) is 20.5. The third kappa shape index (κ3) is 3.16. The summed E-state index contributed by atoms with van der Waals surface area (Å²) in [6.07, 6.45) is 7.99. The highest BCUT2D eigenvalue weighted by atomic mass is 15.2. The molecule has 1 saturated heterocycles. The highest BCUT2D eigenvalue weighted by Gasteiger charge is 2.30. The molecule has 1 aromatic heterocycles. The van der Waals surface area contributed by atoms with Crippen molar-refractivity contribution < 1.29 is 0 Å². The van der Waals surface area contributed by atoms with E-state index in [1.807, 2.05) is 6.19 Å². The lowest BCUT2D eigenvalue weighted by Gasteiger charge is -2.40. The standard InChI is InChI=1S/C25H29N5/c1-2-29-23-11-5-6-12-24(23)30(25(29)27-18-26)20-14-16-28(17-15-20)22-13-7-9-19-8-3-4-10-21(19)22/h3-6,8,10-12,20,22H,2,7,9,13-17H2,1H3/b27-25+. The van der Waals surface area contributed by atoms with Gasteiger partial charge in [-0.2, -0.15) is 5.26 Å². The van der Waals surface area contributed by atoms with Gasteiger partial charge in [0.2, 0.25) is 11.8 Å². The van der Waals surface area contributed by atoms with Crippen molar-refractivity contribution in [2.45, 2.75) is 57.7 Å². The summed E-state index contributed by atoms with van der Waals surface area (Å²) in [5.41, 5.74) is 6.22. The summed E-state index contributed by atoms with van der Waals surface area (Å²) in [6.45, 7) is 5.12. The number of hydrogen-bond acceptors (Lipinski definition) is 3. The van der Waals surface area contributed by atoms with Crippen molar-refractivity contribution in [1.29, 1.82) is 5.26 Å². The number of aryl methyl sites for hydroxylation is 2. The molecular weight excluding hydrogens is 370 g/mol. The van der Waals surface area contributed by atoms with Gasteiger partial charge in [-0.25, -0.2) is 0 Å². The largest absolute Gasteiger partial charge is 0.310 e. The zero-order valence-electron chi connectivity index (χ0n) is 17.7. The predicted octanol–water partition coefficient (Wildman–Crippen LogP) is 4.56. The van der Waals surface area contributed by atoms with Gasteiger partial charge in [0.05, 0.1) is 11.0 Å². The van der Waals surface area contributed by atoms with Crippen LogP contribution in [0.4, 0.5) is 0 Å². The van der Waals surface area contributed by atoms with Gasteiger partial charge in [0, 0.05) is 31.7 Å². The van der Waals surface area contributed by atoms with E-state index in [9.17, 15) is 5.26 Å². The molecule has 1 fully saturated rings. The van der Waals surface area contributed by atoms with Crippen molar-refractivity contribution in [3.8, 4) is 6.19 Å². The molecule has 0 spiro atoms. The molecule has 1 aliphatic heterocycles. The second-order valence-electron chi connectivity index (χ2n) is 8.49. The van der Waals surface area contributed by atoms with Crippen LogP contribution < -0.4 is 5.62 Å². The number of nitriles is 1. The lowest BCUT2D eigenvalue weighted by Crippen LogP contribution is -2.40. The normalized spacial score (nSPS) is 20.9. The molecule has 0 bridgehead atoms. The molecule has 0 amide bonds. The number of aromatic nitrogens is 2. The van der Waals surface area contributed by atoms with Crippen molar-refractivity contribution in [2.75, 3.05) is 13.1 Å². The van der Waals surface area contributed by atoms with E-state index < -0.39 is 0 Å². The fourth-order valence-electron chi connectivity index (χ4n) is 5.64. The number of piperidine rings is 1. The van der Waals surface area contributed by atoms with Gasteiger partial charge in [0.15, 0.2) is 0 Å². The van der Waals surface area contributed by atoms with E-state index in [4.69, 9.17) is 0 Å². The fraction of sp³-hybridized carbons (Fsp3) is 0.440. The van der Waals surface area contributed by atoms with E-state index in [1.54, 1.807) is 0 Å². The van der Waals surface area contributed by atoms with Gasteiger partial charge in [-0.15, -0.1) is 4.99 Å². The maximum atomic E-state index is 9.34. The maximum Gasteiger partial charge on any atom is 0.221 e. The van der Waals surface area contributed by atoms with E-state index in [-0.39, 0.29) is 0 Å². The molecule has 30 heavy (non-hydrogen) atoms. The van der Waals surface area contributed by atoms with Crippen molar-refractivity contribution >= 4 is 11.0 Å². The number of benzene rings is 2. The molecule has 1 aliphatic carbocycles. The zero-order valence-corrected chi connectivity index (χ0v) is 17.7. The topological polar surface area (TPSA) is 49.2 Å². The Labute approximate surface area is 177 Å². The molecule has 2 heterocycles. The molecule has 3 aromatic rings. The lowest BCUT2D eigenvalue weighted by molar-refractivity contribution is 0.122. The van der Waals surface area contributed by atoms with Crippen LogP contribution in [0.1, 0.15) is 55.8 Å². The molecule has 5 rings (SSSR count). The molecule has 0 N–H and O–H groups in total. The van der Waals surface area contributed by atoms with Gasteiger partial charge in [-0.3, -0.25) is 4.90 Å². The molecule has 0 radical (unpaired) electrons. The number of fused-ring (bicyclic) bond motifs is 2. The van der Waals surface area contributed by atoms with E-state index in [0.29, 0.717) is 12.1 Å². The molecule has 2 aliphatic rings. The predicted molar refractivity (Wildman–Crippen MR) is 119 cm³/mol. The fourth-order valence-corrected chi connectivity index (χ4v) is 5.64. The van der Waals surface area contributed by atoms with Crippen LogP contribution in [0.5, 0.6) is 0 Å². The molecule has 1 atom stereocenters. The molecule has 0 saturated carbocycles. The van der Waals surface area contributed by atoms with Crippen molar-refractivity contribution in [3.05, 3.63) is 65.3 Å². The number of hydrogen-bond donors (Lipinski definition) is 0. The minimum Gasteiger partial charge on any atom is -0.310 e. The monoisotopic (exact) mass is 399 g/mol. The number of rotatable bonds is 3. The van der Waals surface area contributed by atoms with Crippen molar-refractivity contribution in [3.63, 3.8) is 0 Å². The first kappa shape index (κ1) is 19.1. The van der Waals surface area contributed by atoms with Gasteiger partial charge in [-0.1, -0.05) is 36.4 Å². The van der Waals surface area contributed by atoms with Gasteiger partial charge in [0.1, 0.15) is 0 Å². The SMILES string of the molecule is CCn1/c(=N\C#N)n(C2CCN(C3CCCc4ccccc43)CC2)c2ccccc21. The van der Waals surface area contributed by atoms with Crippen molar-refractivity contribution in [2.24, 2.45) is 4.99 Å². The summed E-state index contributed by atoms with van der Waals surface area (Å²) in [5, 5.41) is 9.34. The van der Waals surface area contributed by atoms with Crippen LogP contribution in [-0.4, -0.2) is 27.1 Å². The lowest BCUT2D eigenvalue weighted by atomic mass is 9.86. The number of para-hydroxylation sites is 2. The second kappa shape index (κ2) is 8.12. The first-order valence-corrected chi connectivity index (χ1v) is 11.3. The summed E-state index contributed by atoms with van der Waals surface area (Å²) in [4.78, 5) is 6.94. The van der Waals surface area contributed by atoms with Crippen LogP contribution in [0.3, 0.4) is 0 Å². The molecule has 1 unspecified atom stereocenters. The summed E-state index contributed by atoms with van der Waals surface area (Å²) >= 11 is 0. The third-order valence-electron chi connectivity index (χ3n) is 7.00. The first-order valence-electron chi connectivity index (χ1n) is 11.3.